The summed E-state index contributed by atoms with van der Waals surface area (Å²) in [7, 11) is 0. The van der Waals surface area contributed by atoms with Crippen molar-refractivity contribution in [2.75, 3.05) is 0 Å². The first-order valence-electron chi connectivity index (χ1n) is 5.38. The molecule has 0 N–H and O–H groups in total. The van der Waals surface area contributed by atoms with Crippen LogP contribution in [0.3, 0.4) is 0 Å². The minimum absolute atomic E-state index is 0.196. The maximum Gasteiger partial charge on any atom is 0.352 e. The fourth-order valence-corrected chi connectivity index (χ4v) is 1.60. The summed E-state index contributed by atoms with van der Waals surface area (Å²) in [5.41, 5.74) is -0.980. The molecule has 0 saturated carbocycles. The van der Waals surface area contributed by atoms with Crippen molar-refractivity contribution in [2.45, 2.75) is 13.5 Å². The molecule has 6 heteroatoms. The lowest BCUT2D eigenvalue weighted by molar-refractivity contribution is 0.596. The third-order valence-corrected chi connectivity index (χ3v) is 2.48. The van der Waals surface area contributed by atoms with Gasteiger partial charge in [0.05, 0.1) is 5.69 Å². The van der Waals surface area contributed by atoms with Crippen molar-refractivity contribution in [2.24, 2.45) is 0 Å². The minimum Gasteiger partial charge on any atom is -0.266 e. The molecule has 0 amide bonds. The zero-order valence-corrected chi connectivity index (χ0v) is 9.70. The van der Waals surface area contributed by atoms with Crippen LogP contribution in [0.2, 0.25) is 0 Å². The number of rotatable bonds is 2. The van der Waals surface area contributed by atoms with E-state index in [4.69, 9.17) is 5.26 Å². The van der Waals surface area contributed by atoms with Crippen LogP contribution in [-0.2, 0) is 6.54 Å². The zero-order valence-electron chi connectivity index (χ0n) is 9.70. The number of benzene rings is 1. The largest absolute Gasteiger partial charge is 0.352 e. The van der Waals surface area contributed by atoms with E-state index in [1.54, 1.807) is 43.3 Å². The highest BCUT2D eigenvalue weighted by molar-refractivity contribution is 5.30. The minimum atomic E-state index is -0.655. The fraction of sp³-hybridized carbons (Fsp3) is 0.167. The molecule has 0 unspecified atom stereocenters. The Hall–Kier alpha value is -2.68. The summed E-state index contributed by atoms with van der Waals surface area (Å²) in [5, 5.41) is 12.6. The van der Waals surface area contributed by atoms with E-state index in [2.05, 4.69) is 5.10 Å². The average Bonchev–Trinajstić information content (AvgIpc) is 2.41. The molecule has 18 heavy (non-hydrogen) atoms. The molecule has 0 atom stereocenters. The molecule has 6 nitrogen and oxygen atoms in total. The van der Waals surface area contributed by atoms with E-state index >= 15 is 0 Å². The first kappa shape index (κ1) is 11.8. The lowest BCUT2D eigenvalue weighted by Crippen LogP contribution is -2.41. The van der Waals surface area contributed by atoms with Gasteiger partial charge in [-0.2, -0.15) is 9.94 Å². The number of para-hydroxylation sites is 1. The first-order valence-corrected chi connectivity index (χ1v) is 5.38. The maximum absolute atomic E-state index is 12.0. The molecule has 0 radical (unpaired) electrons. The number of nitrogens with zero attached hydrogens (tertiary/aromatic N) is 4. The summed E-state index contributed by atoms with van der Waals surface area (Å²) < 4.78 is 2.04. The predicted octanol–water partition coefficient (Wildman–Crippen LogP) is 0.286. The highest BCUT2D eigenvalue weighted by atomic mass is 16.2. The Morgan fingerprint density at radius 2 is 1.94 bits per heavy atom. The monoisotopic (exact) mass is 242 g/mol. The van der Waals surface area contributed by atoms with Crippen molar-refractivity contribution >= 4 is 0 Å². The number of hydrogen-bond acceptors (Lipinski definition) is 4. The molecular weight excluding hydrogens is 232 g/mol. The molecule has 1 aromatic carbocycles. The molecule has 2 rings (SSSR count). The summed E-state index contributed by atoms with van der Waals surface area (Å²) in [6.07, 6.45) is 0. The van der Waals surface area contributed by atoms with Gasteiger partial charge in [-0.05, 0) is 19.1 Å². The number of aromatic nitrogens is 3. The van der Waals surface area contributed by atoms with Crippen molar-refractivity contribution in [1.29, 1.82) is 5.26 Å². The fourth-order valence-electron chi connectivity index (χ4n) is 1.60. The van der Waals surface area contributed by atoms with E-state index in [9.17, 15) is 9.59 Å². The van der Waals surface area contributed by atoms with Crippen molar-refractivity contribution in [3.05, 3.63) is 56.9 Å². The third-order valence-electron chi connectivity index (χ3n) is 2.48. The molecule has 90 valence electrons. The lowest BCUT2D eigenvalue weighted by atomic mass is 10.3. The molecule has 0 spiro atoms. The Bertz CT molecular complexity index is 722. The van der Waals surface area contributed by atoms with Crippen molar-refractivity contribution < 1.29 is 0 Å². The van der Waals surface area contributed by atoms with Crippen LogP contribution in [0.25, 0.3) is 5.69 Å². The van der Waals surface area contributed by atoms with Crippen LogP contribution in [0.5, 0.6) is 0 Å². The highest BCUT2D eigenvalue weighted by Crippen LogP contribution is 2.01. The normalized spacial score (nSPS) is 10.0. The summed E-state index contributed by atoms with van der Waals surface area (Å²) in [6, 6.07) is 10.4. The van der Waals surface area contributed by atoms with Crippen LogP contribution in [0.1, 0.15) is 12.6 Å². The number of hydrogen-bond donors (Lipinski definition) is 0. The van der Waals surface area contributed by atoms with Gasteiger partial charge < -0.3 is 0 Å². The van der Waals surface area contributed by atoms with Gasteiger partial charge in [0, 0.05) is 6.54 Å². The average molecular weight is 242 g/mol. The van der Waals surface area contributed by atoms with Crippen LogP contribution in [0.15, 0.2) is 39.9 Å². The second-order valence-electron chi connectivity index (χ2n) is 3.54. The lowest BCUT2D eigenvalue weighted by Gasteiger charge is -2.07. The van der Waals surface area contributed by atoms with Gasteiger partial charge in [-0.15, -0.1) is 5.10 Å². The Balaban J connectivity index is 2.83. The van der Waals surface area contributed by atoms with Gasteiger partial charge in [0.25, 0.3) is 5.56 Å². The highest BCUT2D eigenvalue weighted by Gasteiger charge is 2.12. The van der Waals surface area contributed by atoms with E-state index in [1.165, 1.54) is 0 Å². The van der Waals surface area contributed by atoms with Gasteiger partial charge in [-0.1, -0.05) is 18.2 Å². The Kier molecular flexibility index (Phi) is 3.06. The molecule has 1 aromatic heterocycles. The quantitative estimate of drug-likeness (QED) is 0.757. The molecule has 0 bridgehead atoms. The summed E-state index contributed by atoms with van der Waals surface area (Å²) in [6.45, 7) is 1.86. The van der Waals surface area contributed by atoms with Gasteiger partial charge >= 0.3 is 5.69 Å². The van der Waals surface area contributed by atoms with Gasteiger partial charge in [-0.3, -0.25) is 9.36 Å². The van der Waals surface area contributed by atoms with Crippen molar-refractivity contribution in [1.82, 2.24) is 14.3 Å². The molecule has 0 saturated heterocycles. The van der Waals surface area contributed by atoms with Gasteiger partial charge in [0.2, 0.25) is 5.69 Å². The molecule has 2 aromatic rings. The van der Waals surface area contributed by atoms with Crippen molar-refractivity contribution in [3.8, 4) is 11.8 Å². The summed E-state index contributed by atoms with van der Waals surface area (Å²) in [5.74, 6) is 0. The van der Waals surface area contributed by atoms with Crippen LogP contribution in [-0.4, -0.2) is 14.3 Å². The number of nitriles is 1. The Labute approximate surface area is 102 Å². The third kappa shape index (κ3) is 1.82. The van der Waals surface area contributed by atoms with Gasteiger partial charge in [0.15, 0.2) is 0 Å². The molecular formula is C12H10N4O2. The topological polar surface area (TPSA) is 80.7 Å². The summed E-state index contributed by atoms with van der Waals surface area (Å²) in [4.78, 5) is 23.7. The maximum atomic E-state index is 12.0. The SMILES string of the molecule is CCn1c(=O)c(C#N)nn(-c2ccccc2)c1=O. The second kappa shape index (κ2) is 4.67. The standard InChI is InChI=1S/C12H10N4O2/c1-2-15-11(17)10(8-13)14-16(12(15)18)9-6-4-3-5-7-9/h3-7H,2H2,1H3. The Morgan fingerprint density at radius 1 is 1.28 bits per heavy atom. The summed E-state index contributed by atoms with van der Waals surface area (Å²) >= 11 is 0. The van der Waals surface area contributed by atoms with E-state index in [0.717, 1.165) is 9.25 Å². The van der Waals surface area contributed by atoms with E-state index in [-0.39, 0.29) is 12.2 Å². The van der Waals surface area contributed by atoms with E-state index in [0.29, 0.717) is 5.69 Å². The van der Waals surface area contributed by atoms with Gasteiger partial charge in [-0.25, -0.2) is 4.79 Å². The molecule has 0 fully saturated rings. The van der Waals surface area contributed by atoms with Crippen LogP contribution in [0, 0.1) is 11.3 Å². The van der Waals surface area contributed by atoms with Crippen LogP contribution < -0.4 is 11.2 Å². The first-order chi connectivity index (χ1) is 8.69. The predicted molar refractivity (Wildman–Crippen MR) is 64.5 cm³/mol. The van der Waals surface area contributed by atoms with Crippen molar-refractivity contribution in [3.63, 3.8) is 0 Å². The van der Waals surface area contributed by atoms with E-state index in [1.807, 2.05) is 0 Å². The molecule has 0 aliphatic heterocycles. The Morgan fingerprint density at radius 3 is 2.50 bits per heavy atom. The molecule has 0 aliphatic rings. The molecule has 1 heterocycles. The van der Waals surface area contributed by atoms with Crippen LogP contribution in [0.4, 0.5) is 0 Å². The van der Waals surface area contributed by atoms with Crippen LogP contribution >= 0.6 is 0 Å². The van der Waals surface area contributed by atoms with Gasteiger partial charge in [0.1, 0.15) is 6.07 Å². The molecule has 0 aliphatic carbocycles. The zero-order chi connectivity index (χ0) is 13.1. The van der Waals surface area contributed by atoms with E-state index < -0.39 is 11.2 Å². The smallest absolute Gasteiger partial charge is 0.266 e. The second-order valence-corrected chi connectivity index (χ2v) is 3.54.